The molecule has 1 saturated heterocycles. The summed E-state index contributed by atoms with van der Waals surface area (Å²) in [6.07, 6.45) is 0. The molecule has 0 radical (unpaired) electrons. The van der Waals surface area contributed by atoms with E-state index in [4.69, 9.17) is 9.47 Å². The highest BCUT2D eigenvalue weighted by Crippen LogP contribution is 2.46. The summed E-state index contributed by atoms with van der Waals surface area (Å²) in [6, 6.07) is 25.2. The van der Waals surface area contributed by atoms with Gasteiger partial charge < -0.3 is 19.9 Å². The molecular weight excluding hydrogens is 453 g/mol. The highest BCUT2D eigenvalue weighted by molar-refractivity contribution is 6.70. The van der Waals surface area contributed by atoms with Crippen LogP contribution in [0.3, 0.4) is 0 Å². The third-order valence-corrected chi connectivity index (χ3v) is 7.49. The van der Waals surface area contributed by atoms with E-state index in [0.717, 1.165) is 38.5 Å². The Hall–Kier alpha value is -4.04. The lowest BCUT2D eigenvalue weighted by atomic mass is 9.53. The van der Waals surface area contributed by atoms with Crippen LogP contribution in [0.2, 0.25) is 5.82 Å². The van der Waals surface area contributed by atoms with Gasteiger partial charge in [0.2, 0.25) is 0 Å². The number of carbonyl (C=O) groups excluding carboxylic acids is 2. The van der Waals surface area contributed by atoms with E-state index < -0.39 is 36.8 Å². The van der Waals surface area contributed by atoms with Crippen molar-refractivity contribution in [3.05, 3.63) is 84.4 Å². The molecule has 36 heavy (non-hydrogen) atoms. The molecule has 3 N–H and O–H groups in total. The predicted octanol–water partition coefficient (Wildman–Crippen LogP) is 4.36. The molecule has 0 aromatic heterocycles. The van der Waals surface area contributed by atoms with E-state index in [1.54, 1.807) is 0 Å². The maximum absolute atomic E-state index is 13.3. The van der Waals surface area contributed by atoms with Crippen LogP contribution in [-0.2, 0) is 19.1 Å². The topological polar surface area (TPSA) is 88.7 Å². The molecule has 180 valence electrons. The van der Waals surface area contributed by atoms with Crippen molar-refractivity contribution in [3.8, 4) is 0 Å². The SMILES string of the molecule is COC(=O)[C@H]1[C@H](B2Nc3cccc4cccc(c34)N2)[C@@H](C(=O)OC)N[C@H]1c1ccc2ccccc2c1. The van der Waals surface area contributed by atoms with Crippen molar-refractivity contribution in [3.63, 3.8) is 0 Å². The molecular formula is C28H26BN3O4. The van der Waals surface area contributed by atoms with Gasteiger partial charge in [0.25, 0.3) is 0 Å². The third kappa shape index (κ3) is 3.57. The molecule has 0 bridgehead atoms. The number of ether oxygens (including phenoxy) is 2. The average molecular weight is 479 g/mol. The van der Waals surface area contributed by atoms with Gasteiger partial charge in [0, 0.05) is 28.6 Å². The fourth-order valence-corrected chi connectivity index (χ4v) is 5.87. The van der Waals surface area contributed by atoms with Gasteiger partial charge in [-0.3, -0.25) is 14.9 Å². The first-order valence-corrected chi connectivity index (χ1v) is 12.0. The first-order valence-electron chi connectivity index (χ1n) is 12.0. The van der Waals surface area contributed by atoms with Crippen molar-refractivity contribution in [2.24, 2.45) is 5.92 Å². The number of hydrogen-bond acceptors (Lipinski definition) is 7. The molecule has 6 rings (SSSR count). The second-order valence-electron chi connectivity index (χ2n) is 9.35. The van der Waals surface area contributed by atoms with Gasteiger partial charge in [-0.05, 0) is 39.9 Å². The Morgan fingerprint density at radius 1 is 0.750 bits per heavy atom. The summed E-state index contributed by atoms with van der Waals surface area (Å²) < 4.78 is 10.5. The standard InChI is InChI=1S/C28H26BN3O4/c1-35-27(33)23-24(29-31-20-11-5-9-17-10-6-12-21(32-29)22(17)20)26(28(34)36-2)30-25(23)19-14-13-16-7-3-4-8-18(16)15-19/h3-15,23-26,30-32H,1-2H3/t23-,24-,25-,26-/m0/s1. The number of benzene rings is 4. The molecule has 0 spiro atoms. The predicted molar refractivity (Wildman–Crippen MR) is 142 cm³/mol. The molecule has 0 aliphatic carbocycles. The number of fused-ring (bicyclic) bond motifs is 1. The molecule has 7 nitrogen and oxygen atoms in total. The van der Waals surface area contributed by atoms with Gasteiger partial charge in [0.15, 0.2) is 0 Å². The first-order chi connectivity index (χ1) is 17.6. The zero-order chi connectivity index (χ0) is 24.8. The molecule has 2 aliphatic rings. The molecule has 4 aromatic rings. The number of rotatable bonds is 4. The van der Waals surface area contributed by atoms with E-state index in [9.17, 15) is 9.59 Å². The fraction of sp³-hybridized carbons (Fsp3) is 0.214. The minimum atomic E-state index is -0.731. The Morgan fingerprint density at radius 3 is 2.06 bits per heavy atom. The number of methoxy groups -OCH3 is 2. The Labute approximate surface area is 209 Å². The maximum Gasteiger partial charge on any atom is 0.376 e. The number of carbonyl (C=O) groups is 2. The normalized spacial score (nSPS) is 22.7. The van der Waals surface area contributed by atoms with Gasteiger partial charge in [-0.2, -0.15) is 0 Å². The van der Waals surface area contributed by atoms with Gasteiger partial charge in [-0.25, -0.2) is 0 Å². The second-order valence-corrected chi connectivity index (χ2v) is 9.35. The van der Waals surface area contributed by atoms with E-state index in [1.165, 1.54) is 14.2 Å². The van der Waals surface area contributed by atoms with Crippen LogP contribution < -0.4 is 15.8 Å². The minimum absolute atomic E-state index is 0.377. The molecule has 0 saturated carbocycles. The summed E-state index contributed by atoms with van der Waals surface area (Å²) >= 11 is 0. The van der Waals surface area contributed by atoms with Gasteiger partial charge in [-0.1, -0.05) is 60.7 Å². The van der Waals surface area contributed by atoms with Crippen LogP contribution in [0.25, 0.3) is 21.5 Å². The number of nitrogens with one attached hydrogen (secondary N) is 3. The highest BCUT2D eigenvalue weighted by atomic mass is 16.5. The summed E-state index contributed by atoms with van der Waals surface area (Å²) in [5.41, 5.74) is 2.82. The summed E-state index contributed by atoms with van der Waals surface area (Å²) in [6.45, 7) is -0.420. The van der Waals surface area contributed by atoms with Crippen LogP contribution in [0.1, 0.15) is 11.6 Å². The summed E-state index contributed by atoms with van der Waals surface area (Å²) in [5.74, 6) is -1.93. The van der Waals surface area contributed by atoms with Gasteiger partial charge in [0.05, 0.1) is 20.1 Å². The third-order valence-electron chi connectivity index (χ3n) is 7.49. The molecule has 2 aliphatic heterocycles. The number of anilines is 2. The minimum Gasteiger partial charge on any atom is -0.469 e. The Morgan fingerprint density at radius 2 is 1.39 bits per heavy atom. The van der Waals surface area contributed by atoms with Crippen LogP contribution in [-0.4, -0.2) is 39.2 Å². The largest absolute Gasteiger partial charge is 0.469 e. The molecule has 4 atom stereocenters. The van der Waals surface area contributed by atoms with Crippen LogP contribution in [0.4, 0.5) is 11.4 Å². The fourth-order valence-electron chi connectivity index (χ4n) is 5.87. The van der Waals surface area contributed by atoms with Gasteiger partial charge >= 0.3 is 18.9 Å². The van der Waals surface area contributed by atoms with Crippen molar-refractivity contribution < 1.29 is 19.1 Å². The summed E-state index contributed by atoms with van der Waals surface area (Å²) in [5, 5.41) is 14.9. The maximum atomic E-state index is 13.3. The van der Waals surface area contributed by atoms with E-state index in [2.05, 4.69) is 34.0 Å². The molecule has 1 fully saturated rings. The first kappa shape index (κ1) is 22.4. The summed E-state index contributed by atoms with van der Waals surface area (Å²) in [7, 11) is 2.76. The van der Waals surface area contributed by atoms with Gasteiger partial charge in [-0.15, -0.1) is 0 Å². The lowest BCUT2D eigenvalue weighted by Crippen LogP contribution is -2.50. The Kier molecular flexibility index (Phi) is 5.53. The van der Waals surface area contributed by atoms with E-state index in [0.29, 0.717) is 0 Å². The molecule has 4 aromatic carbocycles. The monoisotopic (exact) mass is 479 g/mol. The van der Waals surface area contributed by atoms with Crippen LogP contribution in [0.5, 0.6) is 0 Å². The smallest absolute Gasteiger partial charge is 0.376 e. The molecule has 0 amide bonds. The number of esters is 2. The lowest BCUT2D eigenvalue weighted by Gasteiger charge is -2.33. The molecule has 8 heteroatoms. The van der Waals surface area contributed by atoms with Crippen molar-refractivity contribution in [1.29, 1.82) is 0 Å². The van der Waals surface area contributed by atoms with Crippen LogP contribution >= 0.6 is 0 Å². The quantitative estimate of drug-likeness (QED) is 0.296. The Balaban J connectivity index is 1.44. The number of hydrogen-bond donors (Lipinski definition) is 3. The van der Waals surface area contributed by atoms with E-state index >= 15 is 0 Å². The molecule has 0 unspecified atom stereocenters. The van der Waals surface area contributed by atoms with Crippen molar-refractivity contribution in [1.82, 2.24) is 5.32 Å². The van der Waals surface area contributed by atoms with Crippen molar-refractivity contribution >= 4 is 51.8 Å². The summed E-state index contributed by atoms with van der Waals surface area (Å²) in [4.78, 5) is 26.4. The van der Waals surface area contributed by atoms with E-state index in [-0.39, 0.29) is 5.97 Å². The average Bonchev–Trinajstić information content (AvgIpc) is 3.33. The molecule has 2 heterocycles. The lowest BCUT2D eigenvalue weighted by molar-refractivity contribution is -0.146. The zero-order valence-corrected chi connectivity index (χ0v) is 20.0. The Bertz CT molecular complexity index is 1450. The van der Waals surface area contributed by atoms with Gasteiger partial charge in [0.1, 0.15) is 6.04 Å². The van der Waals surface area contributed by atoms with Crippen LogP contribution in [0, 0.1) is 5.92 Å². The van der Waals surface area contributed by atoms with E-state index in [1.807, 2.05) is 60.7 Å². The highest BCUT2D eigenvalue weighted by Gasteiger charge is 2.56. The zero-order valence-electron chi connectivity index (χ0n) is 20.0. The van der Waals surface area contributed by atoms with Crippen molar-refractivity contribution in [2.45, 2.75) is 17.9 Å². The van der Waals surface area contributed by atoms with Crippen LogP contribution in [0.15, 0.2) is 78.9 Å². The van der Waals surface area contributed by atoms with Crippen molar-refractivity contribution in [2.75, 3.05) is 24.7 Å². The second kappa shape index (κ2) is 8.88.